The summed E-state index contributed by atoms with van der Waals surface area (Å²) < 4.78 is 11.2. The first kappa shape index (κ1) is 18.8. The van der Waals surface area contributed by atoms with Crippen LogP contribution in [0, 0.1) is 6.92 Å². The average Bonchev–Trinajstić information content (AvgIpc) is 2.60. The molecule has 5 heteroatoms. The van der Waals surface area contributed by atoms with Gasteiger partial charge in [-0.05, 0) is 70.4 Å². The maximum absolute atomic E-state index is 11.7. The summed E-state index contributed by atoms with van der Waals surface area (Å²) >= 11 is 0. The Balaban J connectivity index is 1.72. The van der Waals surface area contributed by atoms with Gasteiger partial charge < -0.3 is 19.7 Å². The van der Waals surface area contributed by atoms with Crippen LogP contribution in [-0.2, 0) is 4.79 Å². The summed E-state index contributed by atoms with van der Waals surface area (Å²) in [6.45, 7) is 3.65. The number of carbonyl (C=O) groups is 1. The van der Waals surface area contributed by atoms with Gasteiger partial charge in [-0.1, -0.05) is 17.7 Å². The van der Waals surface area contributed by atoms with Crippen molar-refractivity contribution in [1.29, 1.82) is 0 Å². The van der Waals surface area contributed by atoms with E-state index in [-0.39, 0.29) is 12.5 Å². The molecule has 0 heterocycles. The maximum atomic E-state index is 11.7. The van der Waals surface area contributed by atoms with Crippen LogP contribution in [0.15, 0.2) is 48.5 Å². The molecule has 0 aromatic heterocycles. The molecule has 2 rings (SSSR count). The molecule has 0 fully saturated rings. The first-order valence-corrected chi connectivity index (χ1v) is 8.42. The molecule has 1 N–H and O–H groups in total. The Morgan fingerprint density at radius 1 is 0.960 bits per heavy atom. The van der Waals surface area contributed by atoms with E-state index in [4.69, 9.17) is 9.47 Å². The Bertz CT molecular complexity index is 652. The van der Waals surface area contributed by atoms with Crippen LogP contribution in [0.4, 0.5) is 0 Å². The van der Waals surface area contributed by atoms with Crippen LogP contribution in [0.2, 0.25) is 0 Å². The number of hydrogen-bond acceptors (Lipinski definition) is 4. The van der Waals surface area contributed by atoms with Crippen LogP contribution in [0.1, 0.15) is 12.0 Å². The van der Waals surface area contributed by atoms with Crippen molar-refractivity contribution in [2.24, 2.45) is 0 Å². The van der Waals surface area contributed by atoms with Crippen molar-refractivity contribution in [2.45, 2.75) is 13.3 Å². The van der Waals surface area contributed by atoms with Crippen molar-refractivity contribution in [3.63, 3.8) is 0 Å². The summed E-state index contributed by atoms with van der Waals surface area (Å²) in [6, 6.07) is 15.1. The van der Waals surface area contributed by atoms with Crippen molar-refractivity contribution in [3.05, 3.63) is 54.1 Å². The Morgan fingerprint density at radius 3 is 2.12 bits per heavy atom. The predicted octanol–water partition coefficient (Wildman–Crippen LogP) is 3.23. The molecule has 134 valence electrons. The highest BCUT2D eigenvalue weighted by atomic mass is 16.5. The molecule has 0 atom stereocenters. The predicted molar refractivity (Wildman–Crippen MR) is 99.4 cm³/mol. The fourth-order valence-corrected chi connectivity index (χ4v) is 2.17. The summed E-state index contributed by atoms with van der Waals surface area (Å²) in [5.41, 5.74) is 1.19. The lowest BCUT2D eigenvalue weighted by molar-refractivity contribution is -0.123. The molecule has 5 nitrogen and oxygen atoms in total. The van der Waals surface area contributed by atoms with Gasteiger partial charge in [-0.15, -0.1) is 0 Å². The third-order valence-electron chi connectivity index (χ3n) is 3.55. The number of aryl methyl sites for hydroxylation is 1. The summed E-state index contributed by atoms with van der Waals surface area (Å²) in [6.07, 6.45) is 0.920. The van der Waals surface area contributed by atoms with E-state index in [9.17, 15) is 4.79 Å². The topological polar surface area (TPSA) is 50.8 Å². The third-order valence-corrected chi connectivity index (χ3v) is 3.55. The lowest BCUT2D eigenvalue weighted by Gasteiger charge is -2.11. The second kappa shape index (κ2) is 9.69. The van der Waals surface area contributed by atoms with Crippen molar-refractivity contribution < 1.29 is 14.3 Å². The van der Waals surface area contributed by atoms with Gasteiger partial charge in [-0.3, -0.25) is 4.79 Å². The van der Waals surface area contributed by atoms with Gasteiger partial charge in [0.25, 0.3) is 5.91 Å². The molecule has 0 bridgehead atoms. The van der Waals surface area contributed by atoms with E-state index in [0.717, 1.165) is 24.5 Å². The lowest BCUT2D eigenvalue weighted by Crippen LogP contribution is -2.31. The molecule has 0 aliphatic carbocycles. The van der Waals surface area contributed by atoms with E-state index in [1.165, 1.54) is 5.56 Å². The first-order valence-electron chi connectivity index (χ1n) is 8.42. The molecular weight excluding hydrogens is 316 g/mol. The average molecular weight is 342 g/mol. The second-order valence-electron chi connectivity index (χ2n) is 6.18. The zero-order valence-corrected chi connectivity index (χ0v) is 15.1. The number of benzene rings is 2. The highest BCUT2D eigenvalue weighted by Gasteiger charge is 2.03. The number of nitrogens with zero attached hydrogens (tertiary/aromatic N) is 1. The molecule has 0 saturated heterocycles. The Morgan fingerprint density at radius 2 is 1.52 bits per heavy atom. The summed E-state index contributed by atoms with van der Waals surface area (Å²) in [4.78, 5) is 13.8. The number of amides is 1. The fourth-order valence-electron chi connectivity index (χ4n) is 2.17. The number of ether oxygens (including phenoxy) is 2. The SMILES string of the molecule is Cc1ccc(Oc2ccc(OCC(=O)NCCCN(C)C)cc2)cc1. The van der Waals surface area contributed by atoms with Crippen molar-refractivity contribution in [3.8, 4) is 17.2 Å². The van der Waals surface area contributed by atoms with Crippen LogP contribution in [0.3, 0.4) is 0 Å². The standard InChI is InChI=1S/C20H26N2O3/c1-16-5-7-18(8-6-16)25-19-11-9-17(10-12-19)24-15-20(23)21-13-4-14-22(2)3/h5-12H,4,13-15H2,1-3H3,(H,21,23). The van der Waals surface area contributed by atoms with E-state index < -0.39 is 0 Å². The molecule has 0 aliphatic heterocycles. The lowest BCUT2D eigenvalue weighted by atomic mass is 10.2. The van der Waals surface area contributed by atoms with Crippen LogP contribution < -0.4 is 14.8 Å². The van der Waals surface area contributed by atoms with Crippen molar-refractivity contribution in [2.75, 3.05) is 33.8 Å². The molecule has 0 saturated carbocycles. The van der Waals surface area contributed by atoms with Crippen molar-refractivity contribution in [1.82, 2.24) is 10.2 Å². The Kier molecular flexibility index (Phi) is 7.29. The molecule has 0 unspecified atom stereocenters. The smallest absolute Gasteiger partial charge is 0.257 e. The monoisotopic (exact) mass is 342 g/mol. The van der Waals surface area contributed by atoms with Gasteiger partial charge in [-0.25, -0.2) is 0 Å². The molecule has 0 radical (unpaired) electrons. The van der Waals surface area contributed by atoms with E-state index in [2.05, 4.69) is 10.2 Å². The summed E-state index contributed by atoms with van der Waals surface area (Å²) in [7, 11) is 4.02. The van der Waals surface area contributed by atoms with Crippen molar-refractivity contribution >= 4 is 5.91 Å². The molecule has 0 aliphatic rings. The Hall–Kier alpha value is -2.53. The van der Waals surface area contributed by atoms with Crippen LogP contribution in [0.25, 0.3) is 0 Å². The normalized spacial score (nSPS) is 10.6. The largest absolute Gasteiger partial charge is 0.484 e. The second-order valence-corrected chi connectivity index (χ2v) is 6.18. The molecule has 2 aromatic carbocycles. The first-order chi connectivity index (χ1) is 12.0. The van der Waals surface area contributed by atoms with E-state index >= 15 is 0 Å². The van der Waals surface area contributed by atoms with E-state index in [1.807, 2.05) is 57.4 Å². The summed E-state index contributed by atoms with van der Waals surface area (Å²) in [5, 5.41) is 2.84. The minimum absolute atomic E-state index is 0.0140. The molecular formula is C20H26N2O3. The van der Waals surface area contributed by atoms with E-state index in [0.29, 0.717) is 12.3 Å². The number of carbonyl (C=O) groups excluding carboxylic acids is 1. The van der Waals surface area contributed by atoms with Gasteiger partial charge >= 0.3 is 0 Å². The van der Waals surface area contributed by atoms with Crippen LogP contribution >= 0.6 is 0 Å². The fraction of sp³-hybridized carbons (Fsp3) is 0.350. The van der Waals surface area contributed by atoms with Crippen LogP contribution in [-0.4, -0.2) is 44.6 Å². The molecule has 1 amide bonds. The van der Waals surface area contributed by atoms with Gasteiger partial charge in [0.1, 0.15) is 17.2 Å². The summed E-state index contributed by atoms with van der Waals surface area (Å²) in [5.74, 6) is 2.04. The Labute approximate surface area is 149 Å². The molecule has 2 aromatic rings. The number of nitrogens with one attached hydrogen (secondary N) is 1. The zero-order valence-electron chi connectivity index (χ0n) is 15.1. The quantitative estimate of drug-likeness (QED) is 0.711. The highest BCUT2D eigenvalue weighted by molar-refractivity contribution is 5.77. The molecule has 0 spiro atoms. The maximum Gasteiger partial charge on any atom is 0.257 e. The van der Waals surface area contributed by atoms with Gasteiger partial charge in [0.2, 0.25) is 0 Å². The minimum atomic E-state index is -0.112. The third kappa shape index (κ3) is 7.27. The van der Waals surface area contributed by atoms with Gasteiger partial charge in [0.05, 0.1) is 0 Å². The van der Waals surface area contributed by atoms with Crippen LogP contribution in [0.5, 0.6) is 17.2 Å². The molecule has 25 heavy (non-hydrogen) atoms. The number of rotatable bonds is 9. The minimum Gasteiger partial charge on any atom is -0.484 e. The van der Waals surface area contributed by atoms with Gasteiger partial charge in [0.15, 0.2) is 6.61 Å². The van der Waals surface area contributed by atoms with Gasteiger partial charge in [0, 0.05) is 6.54 Å². The highest BCUT2D eigenvalue weighted by Crippen LogP contribution is 2.24. The zero-order chi connectivity index (χ0) is 18.1. The van der Waals surface area contributed by atoms with Gasteiger partial charge in [-0.2, -0.15) is 0 Å². The number of hydrogen-bond donors (Lipinski definition) is 1. The van der Waals surface area contributed by atoms with E-state index in [1.54, 1.807) is 12.1 Å².